The number of benzene rings is 2. The summed E-state index contributed by atoms with van der Waals surface area (Å²) >= 11 is 0. The molecule has 13 atom stereocenters. The number of aromatic nitrogens is 1. The van der Waals surface area contributed by atoms with Crippen LogP contribution >= 0.6 is 0 Å². The molecule has 356 valence electrons. The van der Waals surface area contributed by atoms with Gasteiger partial charge in [0.2, 0.25) is 0 Å². The number of hydrogen-bond donors (Lipinski definition) is 1. The standard InChI is InChI=1S/C48H51NO18/c1-24-25(2)41(54)65-38-36(62-28(5)52)40(66-43(56)31-18-13-10-14-19-31)47(23-59-26(3)50)39(63-29(6)53)35(61-27(4)51)33-37(64-42(55)30-16-11-9-12-17-30)48(47,46(38,8)58)67-45(33,7)22-60-44(57)32-20-15-21-49-34(24)32/h9-21,24-25,33,35-40,58H,22-23H2,1-8H3/t24-,25+,33?,35-,36+,37-,38+,39-,40+,45+,46+,47-,48?/m1/s1. The van der Waals surface area contributed by atoms with Crippen molar-refractivity contribution in [2.45, 2.75) is 115 Å². The Morgan fingerprint density at radius 2 is 1.22 bits per heavy atom. The quantitative estimate of drug-likeness (QED) is 0.238. The Bertz CT molecular complexity index is 2460. The lowest BCUT2D eigenvalue weighted by molar-refractivity contribution is -0.385. The number of aliphatic hydroxyl groups is 1. The van der Waals surface area contributed by atoms with E-state index >= 15 is 0 Å². The summed E-state index contributed by atoms with van der Waals surface area (Å²) in [6.45, 7) is 7.66. The number of carbonyl (C=O) groups is 8. The summed E-state index contributed by atoms with van der Waals surface area (Å²) in [6.07, 6.45) is -11.1. The number of pyridine rings is 1. The zero-order valence-electron chi connectivity index (χ0n) is 38.0. The SMILES string of the molecule is CC(=O)OC[C@]12[C@H](OC(C)=O)[C@H](OC(C)=O)C3[C@@H](OC(=O)c4ccccc4)C14O[C@@]3(C)COC(=O)c1cccnc1[C@H](C)[C@H](C)C(=O)O[C@@H]([C@H](OC(C)=O)[C@@H]2OC(=O)c1ccccc1)[C@]4(C)O. The zero-order valence-corrected chi connectivity index (χ0v) is 38.0. The molecular weight excluding hydrogens is 879 g/mol. The summed E-state index contributed by atoms with van der Waals surface area (Å²) in [5, 5.41) is 13.9. The van der Waals surface area contributed by atoms with Gasteiger partial charge in [-0.05, 0) is 50.2 Å². The first kappa shape index (κ1) is 48.2. The van der Waals surface area contributed by atoms with Crippen LogP contribution in [0.5, 0.6) is 0 Å². The van der Waals surface area contributed by atoms with E-state index in [0.717, 1.165) is 34.6 Å². The Labute approximate surface area is 384 Å². The average Bonchev–Trinajstić information content (AvgIpc) is 3.51. The van der Waals surface area contributed by atoms with E-state index < -0.39 is 138 Å². The molecule has 2 aliphatic heterocycles. The molecular formula is C48H51NO18. The molecule has 1 spiro atoms. The van der Waals surface area contributed by atoms with Crippen LogP contribution in [0.1, 0.15) is 98.1 Å². The molecule has 3 fully saturated rings. The first-order valence-electron chi connectivity index (χ1n) is 21.5. The van der Waals surface area contributed by atoms with Crippen LogP contribution in [0.25, 0.3) is 0 Å². The van der Waals surface area contributed by atoms with Crippen molar-refractivity contribution in [1.29, 1.82) is 0 Å². The summed E-state index contributed by atoms with van der Waals surface area (Å²) in [6, 6.07) is 17.8. The number of esters is 8. The second-order valence-corrected chi connectivity index (χ2v) is 17.7. The maximum Gasteiger partial charge on any atom is 0.340 e. The molecule has 3 heterocycles. The van der Waals surface area contributed by atoms with Gasteiger partial charge in [0.05, 0.1) is 34.2 Å². The highest BCUT2D eigenvalue weighted by atomic mass is 16.7. The molecule has 1 saturated heterocycles. The van der Waals surface area contributed by atoms with E-state index in [1.165, 1.54) is 68.6 Å². The van der Waals surface area contributed by atoms with Gasteiger partial charge in [-0.3, -0.25) is 29.0 Å². The molecule has 4 bridgehead atoms. The molecule has 19 nitrogen and oxygen atoms in total. The number of ether oxygens (including phenoxy) is 9. The fourth-order valence-electron chi connectivity index (χ4n) is 10.4. The zero-order chi connectivity index (χ0) is 48.8. The molecule has 1 aromatic heterocycles. The van der Waals surface area contributed by atoms with Crippen molar-refractivity contribution >= 4 is 47.8 Å². The van der Waals surface area contributed by atoms with Crippen molar-refractivity contribution in [2.75, 3.05) is 13.2 Å². The summed E-state index contributed by atoms with van der Waals surface area (Å²) in [5.74, 6) is -12.1. The molecule has 2 saturated carbocycles. The first-order valence-corrected chi connectivity index (χ1v) is 21.5. The van der Waals surface area contributed by atoms with Crippen molar-refractivity contribution in [3.05, 3.63) is 101 Å². The minimum absolute atomic E-state index is 0.0377. The fourth-order valence-corrected chi connectivity index (χ4v) is 10.4. The molecule has 0 radical (unpaired) electrons. The predicted octanol–water partition coefficient (Wildman–Crippen LogP) is 3.62. The smallest absolute Gasteiger partial charge is 0.340 e. The van der Waals surface area contributed by atoms with E-state index in [0.29, 0.717) is 0 Å². The van der Waals surface area contributed by atoms with Crippen molar-refractivity contribution in [1.82, 2.24) is 4.98 Å². The Morgan fingerprint density at radius 3 is 1.78 bits per heavy atom. The van der Waals surface area contributed by atoms with Crippen molar-refractivity contribution in [3.63, 3.8) is 0 Å². The Morgan fingerprint density at radius 1 is 0.687 bits per heavy atom. The normalized spacial score (nSPS) is 34.1. The number of carbonyl (C=O) groups excluding carboxylic acids is 8. The van der Waals surface area contributed by atoms with E-state index in [1.54, 1.807) is 31.2 Å². The largest absolute Gasteiger partial charge is 0.465 e. The topological polar surface area (TPSA) is 253 Å². The van der Waals surface area contributed by atoms with Crippen LogP contribution in [0, 0.1) is 17.3 Å². The van der Waals surface area contributed by atoms with Crippen molar-refractivity contribution in [3.8, 4) is 0 Å². The highest BCUT2D eigenvalue weighted by Crippen LogP contribution is 2.70. The third-order valence-corrected chi connectivity index (χ3v) is 13.3. The lowest BCUT2D eigenvalue weighted by atomic mass is 9.45. The van der Waals surface area contributed by atoms with Crippen molar-refractivity contribution < 1.29 is 86.1 Å². The molecule has 2 aliphatic carbocycles. The van der Waals surface area contributed by atoms with Crippen LogP contribution in [-0.2, 0) is 66.6 Å². The number of cyclic esters (lactones) is 1. The van der Waals surface area contributed by atoms with Gasteiger partial charge < -0.3 is 47.7 Å². The Kier molecular flexibility index (Phi) is 13.1. The van der Waals surface area contributed by atoms with Gasteiger partial charge in [-0.1, -0.05) is 50.2 Å². The molecule has 7 rings (SSSR count). The summed E-state index contributed by atoms with van der Waals surface area (Å²) in [7, 11) is 0. The molecule has 2 unspecified atom stereocenters. The second kappa shape index (κ2) is 18.2. The lowest BCUT2D eigenvalue weighted by Crippen LogP contribution is -2.89. The second-order valence-electron chi connectivity index (χ2n) is 17.7. The fraction of sp³-hybridized carbons (Fsp3) is 0.479. The van der Waals surface area contributed by atoms with Gasteiger partial charge in [-0.2, -0.15) is 0 Å². The van der Waals surface area contributed by atoms with E-state index in [4.69, 9.17) is 42.6 Å². The summed E-state index contributed by atoms with van der Waals surface area (Å²) in [4.78, 5) is 116. The highest BCUT2D eigenvalue weighted by Gasteiger charge is 2.92. The Hall–Kier alpha value is -6.73. The van der Waals surface area contributed by atoms with E-state index in [2.05, 4.69) is 4.98 Å². The lowest BCUT2D eigenvalue weighted by Gasteiger charge is -2.67. The monoisotopic (exact) mass is 929 g/mol. The van der Waals surface area contributed by atoms with Gasteiger partial charge in [-0.15, -0.1) is 0 Å². The van der Waals surface area contributed by atoms with Crippen LogP contribution < -0.4 is 0 Å². The minimum atomic E-state index is -2.91. The molecule has 0 amide bonds. The average molecular weight is 930 g/mol. The van der Waals surface area contributed by atoms with Crippen LogP contribution in [0.15, 0.2) is 79.0 Å². The number of nitrogens with zero attached hydrogens (tertiary/aromatic N) is 1. The van der Waals surface area contributed by atoms with E-state index in [1.807, 2.05) is 0 Å². The molecule has 3 aromatic rings. The molecule has 19 heteroatoms. The minimum Gasteiger partial charge on any atom is -0.465 e. The van der Waals surface area contributed by atoms with Gasteiger partial charge >= 0.3 is 47.8 Å². The predicted molar refractivity (Wildman–Crippen MR) is 225 cm³/mol. The van der Waals surface area contributed by atoms with Gasteiger partial charge in [0.25, 0.3) is 0 Å². The molecule has 67 heavy (non-hydrogen) atoms. The van der Waals surface area contributed by atoms with Crippen LogP contribution in [-0.4, -0.2) is 124 Å². The highest BCUT2D eigenvalue weighted by molar-refractivity contribution is 5.92. The van der Waals surface area contributed by atoms with Crippen molar-refractivity contribution in [2.24, 2.45) is 17.3 Å². The summed E-state index contributed by atoms with van der Waals surface area (Å²) in [5.41, 5.74) is -10.7. The number of fused-ring (bicyclic) bond motifs is 5. The van der Waals surface area contributed by atoms with E-state index in [-0.39, 0.29) is 22.4 Å². The first-order chi connectivity index (χ1) is 31.6. The number of hydrogen-bond acceptors (Lipinski definition) is 19. The van der Waals surface area contributed by atoms with Gasteiger partial charge in [0.15, 0.2) is 30.0 Å². The van der Waals surface area contributed by atoms with Crippen LogP contribution in [0.2, 0.25) is 0 Å². The van der Waals surface area contributed by atoms with E-state index in [9.17, 15) is 43.5 Å². The maximum atomic E-state index is 14.8. The molecule has 1 N–H and O–H groups in total. The maximum absolute atomic E-state index is 14.8. The molecule has 2 aromatic carbocycles. The summed E-state index contributed by atoms with van der Waals surface area (Å²) < 4.78 is 56.6. The van der Waals surface area contributed by atoms with Gasteiger partial charge in [-0.25, -0.2) is 14.4 Å². The third kappa shape index (κ3) is 8.17. The number of rotatable bonds is 9. The Balaban J connectivity index is 1.65. The van der Waals surface area contributed by atoms with Gasteiger partial charge in [0, 0.05) is 39.8 Å². The third-order valence-electron chi connectivity index (χ3n) is 13.3. The molecule has 4 aliphatic rings. The van der Waals surface area contributed by atoms with Crippen LogP contribution in [0.3, 0.4) is 0 Å². The van der Waals surface area contributed by atoms with Crippen LogP contribution in [0.4, 0.5) is 0 Å². The van der Waals surface area contributed by atoms with Gasteiger partial charge in [0.1, 0.15) is 42.0 Å².